The number of aromatic nitrogens is 2. The number of hydrogen-bond acceptors (Lipinski definition) is 3. The fourth-order valence-electron chi connectivity index (χ4n) is 2.76. The zero-order chi connectivity index (χ0) is 13.7. The number of hydrogen-bond donors (Lipinski definition) is 2. The van der Waals surface area contributed by atoms with E-state index in [9.17, 15) is 4.79 Å². The van der Waals surface area contributed by atoms with Crippen LogP contribution in [-0.4, -0.2) is 35.3 Å². The largest absolute Gasteiger partial charge is 0.355 e. The third-order valence-electron chi connectivity index (χ3n) is 4.18. The number of piperidine rings is 1. The highest BCUT2D eigenvalue weighted by atomic mass is 16.2. The van der Waals surface area contributed by atoms with Gasteiger partial charge in [0.1, 0.15) is 0 Å². The van der Waals surface area contributed by atoms with Crippen LogP contribution in [-0.2, 0) is 18.3 Å². The summed E-state index contributed by atoms with van der Waals surface area (Å²) < 4.78 is 1.79. The maximum Gasteiger partial charge on any atom is 0.226 e. The standard InChI is InChI=1S/C14H24N4O/c1-3-14(5-8-15-9-6-14)13(19)16-7-4-12-10-17-18(2)11-12/h10-11,15H,3-9H2,1-2H3,(H,16,19). The third-order valence-corrected chi connectivity index (χ3v) is 4.18. The van der Waals surface area contributed by atoms with E-state index in [1.807, 2.05) is 19.4 Å². The van der Waals surface area contributed by atoms with Crippen molar-refractivity contribution in [3.05, 3.63) is 18.0 Å². The van der Waals surface area contributed by atoms with Gasteiger partial charge in [-0.15, -0.1) is 0 Å². The zero-order valence-electron chi connectivity index (χ0n) is 11.9. The van der Waals surface area contributed by atoms with Crippen molar-refractivity contribution in [2.45, 2.75) is 32.6 Å². The lowest BCUT2D eigenvalue weighted by atomic mass is 9.76. The van der Waals surface area contributed by atoms with Gasteiger partial charge in [0.15, 0.2) is 0 Å². The third kappa shape index (κ3) is 3.35. The maximum absolute atomic E-state index is 12.4. The molecule has 1 aliphatic rings. The van der Waals surface area contributed by atoms with Gasteiger partial charge < -0.3 is 10.6 Å². The fourth-order valence-corrected chi connectivity index (χ4v) is 2.76. The lowest BCUT2D eigenvalue weighted by molar-refractivity contribution is -0.132. The maximum atomic E-state index is 12.4. The molecule has 2 rings (SSSR count). The molecule has 1 saturated heterocycles. The summed E-state index contributed by atoms with van der Waals surface area (Å²) in [5.41, 5.74) is 1.01. The molecule has 0 bridgehead atoms. The Morgan fingerprint density at radius 3 is 2.84 bits per heavy atom. The van der Waals surface area contributed by atoms with Gasteiger partial charge in [0, 0.05) is 19.8 Å². The van der Waals surface area contributed by atoms with E-state index >= 15 is 0 Å². The molecule has 0 unspecified atom stereocenters. The van der Waals surface area contributed by atoms with Crippen LogP contribution >= 0.6 is 0 Å². The molecule has 1 aliphatic heterocycles. The Kier molecular flexibility index (Phi) is 4.58. The second kappa shape index (κ2) is 6.19. The van der Waals surface area contributed by atoms with E-state index in [0.717, 1.165) is 38.8 Å². The highest BCUT2D eigenvalue weighted by molar-refractivity contribution is 5.82. The number of carbonyl (C=O) groups is 1. The monoisotopic (exact) mass is 264 g/mol. The second-order valence-corrected chi connectivity index (χ2v) is 5.41. The summed E-state index contributed by atoms with van der Waals surface area (Å²) in [5, 5.41) is 10.6. The van der Waals surface area contributed by atoms with E-state index in [0.29, 0.717) is 6.54 Å². The molecule has 1 aromatic heterocycles. The average molecular weight is 264 g/mol. The van der Waals surface area contributed by atoms with Crippen molar-refractivity contribution < 1.29 is 4.79 Å². The summed E-state index contributed by atoms with van der Waals surface area (Å²) in [7, 11) is 1.91. The predicted octanol–water partition coefficient (Wildman–Crippen LogP) is 0.859. The highest BCUT2D eigenvalue weighted by Crippen LogP contribution is 2.32. The van der Waals surface area contributed by atoms with Crippen LogP contribution in [0.4, 0.5) is 0 Å². The Bertz CT molecular complexity index is 421. The van der Waals surface area contributed by atoms with Gasteiger partial charge in [-0.2, -0.15) is 5.10 Å². The Balaban J connectivity index is 1.82. The average Bonchev–Trinajstić information content (AvgIpc) is 2.85. The molecule has 0 atom stereocenters. The van der Waals surface area contributed by atoms with Crippen molar-refractivity contribution in [2.24, 2.45) is 12.5 Å². The van der Waals surface area contributed by atoms with Crippen LogP contribution in [0.1, 0.15) is 31.7 Å². The van der Waals surface area contributed by atoms with Gasteiger partial charge in [-0.25, -0.2) is 0 Å². The number of rotatable bonds is 5. The number of amides is 1. The van der Waals surface area contributed by atoms with Gasteiger partial charge in [0.2, 0.25) is 5.91 Å². The lowest BCUT2D eigenvalue weighted by Gasteiger charge is -2.35. The van der Waals surface area contributed by atoms with Crippen LogP contribution < -0.4 is 10.6 Å². The van der Waals surface area contributed by atoms with Gasteiger partial charge in [-0.05, 0) is 44.3 Å². The van der Waals surface area contributed by atoms with E-state index in [1.165, 1.54) is 5.56 Å². The molecular formula is C14H24N4O. The molecular weight excluding hydrogens is 240 g/mol. The molecule has 2 heterocycles. The Labute approximate surface area is 114 Å². The van der Waals surface area contributed by atoms with E-state index in [1.54, 1.807) is 4.68 Å². The Morgan fingerprint density at radius 1 is 1.53 bits per heavy atom. The lowest BCUT2D eigenvalue weighted by Crippen LogP contribution is -2.47. The normalized spacial score (nSPS) is 18.2. The van der Waals surface area contributed by atoms with E-state index in [-0.39, 0.29) is 11.3 Å². The van der Waals surface area contributed by atoms with Gasteiger partial charge in [0.05, 0.1) is 11.6 Å². The Hall–Kier alpha value is -1.36. The van der Waals surface area contributed by atoms with Crippen molar-refractivity contribution in [2.75, 3.05) is 19.6 Å². The first-order valence-corrected chi connectivity index (χ1v) is 7.13. The van der Waals surface area contributed by atoms with Crippen molar-refractivity contribution in [3.63, 3.8) is 0 Å². The summed E-state index contributed by atoms with van der Waals surface area (Å²) >= 11 is 0. The van der Waals surface area contributed by atoms with E-state index in [4.69, 9.17) is 0 Å². The summed E-state index contributed by atoms with van der Waals surface area (Å²) in [6.45, 7) is 4.71. The topological polar surface area (TPSA) is 59.0 Å². The van der Waals surface area contributed by atoms with Crippen LogP contribution in [0.2, 0.25) is 0 Å². The smallest absolute Gasteiger partial charge is 0.226 e. The van der Waals surface area contributed by atoms with Crippen LogP contribution in [0.15, 0.2) is 12.4 Å². The van der Waals surface area contributed by atoms with Crippen LogP contribution in [0, 0.1) is 5.41 Å². The zero-order valence-corrected chi connectivity index (χ0v) is 11.9. The number of aryl methyl sites for hydroxylation is 1. The highest BCUT2D eigenvalue weighted by Gasteiger charge is 2.37. The van der Waals surface area contributed by atoms with Gasteiger partial charge in [0.25, 0.3) is 0 Å². The first-order chi connectivity index (χ1) is 9.16. The second-order valence-electron chi connectivity index (χ2n) is 5.41. The molecule has 0 aliphatic carbocycles. The van der Waals surface area contributed by atoms with Crippen LogP contribution in [0.5, 0.6) is 0 Å². The minimum atomic E-state index is -0.153. The fraction of sp³-hybridized carbons (Fsp3) is 0.714. The molecule has 0 aromatic carbocycles. The first kappa shape index (κ1) is 14.1. The predicted molar refractivity (Wildman–Crippen MR) is 74.7 cm³/mol. The van der Waals surface area contributed by atoms with Crippen molar-refractivity contribution >= 4 is 5.91 Å². The quantitative estimate of drug-likeness (QED) is 0.829. The van der Waals surface area contributed by atoms with E-state index in [2.05, 4.69) is 22.7 Å². The summed E-state index contributed by atoms with van der Waals surface area (Å²) in [4.78, 5) is 12.4. The van der Waals surface area contributed by atoms with Crippen molar-refractivity contribution in [3.8, 4) is 0 Å². The first-order valence-electron chi connectivity index (χ1n) is 7.13. The number of nitrogens with zero attached hydrogens (tertiary/aromatic N) is 2. The van der Waals surface area contributed by atoms with Crippen LogP contribution in [0.3, 0.4) is 0 Å². The van der Waals surface area contributed by atoms with Crippen molar-refractivity contribution in [1.82, 2.24) is 20.4 Å². The van der Waals surface area contributed by atoms with Gasteiger partial charge in [-0.1, -0.05) is 6.92 Å². The van der Waals surface area contributed by atoms with Crippen molar-refractivity contribution in [1.29, 1.82) is 0 Å². The molecule has 19 heavy (non-hydrogen) atoms. The number of carbonyl (C=O) groups excluding carboxylic acids is 1. The molecule has 0 spiro atoms. The molecule has 5 heteroatoms. The van der Waals surface area contributed by atoms with Crippen LogP contribution in [0.25, 0.3) is 0 Å². The minimum Gasteiger partial charge on any atom is -0.355 e. The molecule has 1 aromatic rings. The van der Waals surface area contributed by atoms with Gasteiger partial charge in [-0.3, -0.25) is 9.48 Å². The molecule has 0 saturated carbocycles. The SMILES string of the molecule is CCC1(C(=O)NCCc2cnn(C)c2)CCNCC1. The van der Waals surface area contributed by atoms with Gasteiger partial charge >= 0.3 is 0 Å². The summed E-state index contributed by atoms with van der Waals surface area (Å²) in [5.74, 6) is 0.223. The molecule has 106 valence electrons. The molecule has 1 amide bonds. The Morgan fingerprint density at radius 2 is 2.26 bits per heavy atom. The molecule has 5 nitrogen and oxygen atoms in total. The summed E-state index contributed by atoms with van der Waals surface area (Å²) in [6, 6.07) is 0. The number of nitrogens with one attached hydrogen (secondary N) is 2. The molecule has 1 fully saturated rings. The minimum absolute atomic E-state index is 0.153. The summed E-state index contributed by atoms with van der Waals surface area (Å²) in [6.07, 6.45) is 7.51. The molecule has 0 radical (unpaired) electrons. The molecule has 2 N–H and O–H groups in total. The van der Waals surface area contributed by atoms with E-state index < -0.39 is 0 Å².